The molecule has 1 atom stereocenters. The number of amides is 2. The second-order valence-electron chi connectivity index (χ2n) is 10.7. The minimum atomic E-state index is -0.200. The van der Waals surface area contributed by atoms with Gasteiger partial charge in [-0.2, -0.15) is 0 Å². The Labute approximate surface area is 207 Å². The molecule has 186 valence electrons. The summed E-state index contributed by atoms with van der Waals surface area (Å²) in [5.74, 6) is 0.462. The van der Waals surface area contributed by atoms with Gasteiger partial charge in [-0.15, -0.1) is 0 Å². The van der Waals surface area contributed by atoms with Crippen LogP contribution in [0.3, 0.4) is 0 Å². The number of carbonyl (C=O) groups is 2. The van der Waals surface area contributed by atoms with E-state index < -0.39 is 0 Å². The number of halogens is 1. The average Bonchev–Trinajstić information content (AvgIpc) is 3.57. The third-order valence-electron chi connectivity index (χ3n) is 8.33. The normalized spacial score (nSPS) is 21.8. The molecule has 6 heteroatoms. The van der Waals surface area contributed by atoms with Gasteiger partial charge in [-0.25, -0.2) is 4.39 Å². The lowest BCUT2D eigenvalue weighted by atomic mass is 9.90. The van der Waals surface area contributed by atoms with Gasteiger partial charge in [-0.3, -0.25) is 14.5 Å². The van der Waals surface area contributed by atoms with Crippen molar-refractivity contribution in [2.75, 3.05) is 39.3 Å². The maximum atomic E-state index is 13.5. The Balaban J connectivity index is 1.05. The summed E-state index contributed by atoms with van der Waals surface area (Å²) < 4.78 is 13.5. The molecule has 2 aromatic rings. The SMILES string of the molecule is Cc1ccc(CCC(=O)N2CCC3(CC2)C[C@@H]3C(=O)N2CCN(Cc3cccc(F)c3)CC2)cc1. The number of likely N-dealkylation sites (tertiary alicyclic amines) is 1. The van der Waals surface area contributed by atoms with Crippen LogP contribution in [0.15, 0.2) is 48.5 Å². The Hall–Kier alpha value is -2.73. The minimum absolute atomic E-state index is 0.115. The fraction of sp³-hybridized carbons (Fsp3) is 0.517. The Bertz CT molecular complexity index is 1050. The molecule has 0 aromatic heterocycles. The lowest BCUT2D eigenvalue weighted by molar-refractivity contribution is -0.136. The third-order valence-corrected chi connectivity index (χ3v) is 8.33. The number of benzene rings is 2. The zero-order valence-corrected chi connectivity index (χ0v) is 20.7. The average molecular weight is 478 g/mol. The number of hydrogen-bond acceptors (Lipinski definition) is 3. The second-order valence-corrected chi connectivity index (χ2v) is 10.7. The summed E-state index contributed by atoms with van der Waals surface area (Å²) in [6, 6.07) is 15.2. The molecule has 35 heavy (non-hydrogen) atoms. The van der Waals surface area contributed by atoms with E-state index >= 15 is 0 Å². The topological polar surface area (TPSA) is 43.9 Å². The molecule has 2 aromatic carbocycles. The van der Waals surface area contributed by atoms with Crippen molar-refractivity contribution >= 4 is 11.8 Å². The molecule has 5 rings (SSSR count). The zero-order chi connectivity index (χ0) is 24.4. The maximum absolute atomic E-state index is 13.5. The van der Waals surface area contributed by atoms with E-state index in [1.54, 1.807) is 12.1 Å². The van der Waals surface area contributed by atoms with Gasteiger partial charge < -0.3 is 9.80 Å². The summed E-state index contributed by atoms with van der Waals surface area (Å²) in [7, 11) is 0. The van der Waals surface area contributed by atoms with Crippen molar-refractivity contribution in [3.8, 4) is 0 Å². The Morgan fingerprint density at radius 1 is 0.914 bits per heavy atom. The molecular weight excluding hydrogens is 441 g/mol. The number of carbonyl (C=O) groups excluding carboxylic acids is 2. The van der Waals surface area contributed by atoms with Crippen molar-refractivity contribution < 1.29 is 14.0 Å². The number of nitrogens with zero attached hydrogens (tertiary/aromatic N) is 3. The summed E-state index contributed by atoms with van der Waals surface area (Å²) >= 11 is 0. The highest BCUT2D eigenvalue weighted by molar-refractivity contribution is 5.83. The van der Waals surface area contributed by atoms with Crippen molar-refractivity contribution in [1.82, 2.24) is 14.7 Å². The maximum Gasteiger partial charge on any atom is 0.226 e. The van der Waals surface area contributed by atoms with Crippen LogP contribution in [-0.2, 0) is 22.6 Å². The van der Waals surface area contributed by atoms with E-state index in [-0.39, 0.29) is 23.1 Å². The van der Waals surface area contributed by atoms with E-state index in [9.17, 15) is 14.0 Å². The number of aryl methyl sites for hydroxylation is 2. The van der Waals surface area contributed by atoms with Crippen molar-refractivity contribution in [3.05, 3.63) is 71.0 Å². The monoisotopic (exact) mass is 477 g/mol. The van der Waals surface area contributed by atoms with E-state index in [2.05, 4.69) is 36.1 Å². The minimum Gasteiger partial charge on any atom is -0.343 e. The van der Waals surface area contributed by atoms with E-state index in [1.807, 2.05) is 15.9 Å². The van der Waals surface area contributed by atoms with Crippen LogP contribution in [0, 0.1) is 24.1 Å². The smallest absolute Gasteiger partial charge is 0.226 e. The van der Waals surface area contributed by atoms with Gasteiger partial charge in [-0.1, -0.05) is 42.0 Å². The van der Waals surface area contributed by atoms with Gasteiger partial charge in [0.15, 0.2) is 0 Å². The Morgan fingerprint density at radius 2 is 1.63 bits per heavy atom. The highest BCUT2D eigenvalue weighted by atomic mass is 19.1. The summed E-state index contributed by atoms with van der Waals surface area (Å²) in [4.78, 5) is 32.3. The number of piperazine rings is 1. The first-order chi connectivity index (χ1) is 16.9. The molecule has 2 saturated heterocycles. The number of hydrogen-bond donors (Lipinski definition) is 0. The van der Waals surface area contributed by atoms with Crippen LogP contribution in [0.5, 0.6) is 0 Å². The largest absolute Gasteiger partial charge is 0.343 e. The highest BCUT2D eigenvalue weighted by Crippen LogP contribution is 2.60. The van der Waals surface area contributed by atoms with Crippen LogP contribution in [0.25, 0.3) is 0 Å². The van der Waals surface area contributed by atoms with Crippen molar-refractivity contribution in [1.29, 1.82) is 0 Å². The van der Waals surface area contributed by atoms with Crippen LogP contribution in [0.4, 0.5) is 4.39 Å². The molecule has 0 unspecified atom stereocenters. The Morgan fingerprint density at radius 3 is 2.31 bits per heavy atom. The fourth-order valence-corrected chi connectivity index (χ4v) is 5.86. The van der Waals surface area contributed by atoms with E-state index in [0.717, 1.165) is 77.1 Å². The predicted molar refractivity (Wildman–Crippen MR) is 134 cm³/mol. The Kier molecular flexibility index (Phi) is 6.92. The quantitative estimate of drug-likeness (QED) is 0.631. The summed E-state index contributed by atoms with van der Waals surface area (Å²) in [6.07, 6.45) is 4.20. The van der Waals surface area contributed by atoms with Gasteiger partial charge >= 0.3 is 0 Å². The van der Waals surface area contributed by atoms with Gasteiger partial charge in [0.1, 0.15) is 5.82 Å². The molecule has 2 amide bonds. The molecule has 2 aliphatic heterocycles. The molecule has 5 nitrogen and oxygen atoms in total. The molecule has 1 saturated carbocycles. The van der Waals surface area contributed by atoms with E-state index in [1.165, 1.54) is 17.2 Å². The van der Waals surface area contributed by atoms with Crippen molar-refractivity contribution in [2.24, 2.45) is 11.3 Å². The van der Waals surface area contributed by atoms with Crippen LogP contribution in [-0.4, -0.2) is 65.8 Å². The summed E-state index contributed by atoms with van der Waals surface area (Å²) in [5.41, 5.74) is 3.54. The van der Waals surface area contributed by atoms with E-state index in [0.29, 0.717) is 12.3 Å². The van der Waals surface area contributed by atoms with E-state index in [4.69, 9.17) is 0 Å². The molecule has 0 N–H and O–H groups in total. The molecule has 3 fully saturated rings. The standard InChI is InChI=1S/C29H36FN3O2/c1-22-5-7-23(8-6-22)9-10-27(34)32-13-11-29(12-14-32)20-26(29)28(35)33-17-15-31(16-18-33)21-24-3-2-4-25(30)19-24/h2-8,19,26H,9-18,20-21H2,1H3/t26-/m1/s1. The first-order valence-electron chi connectivity index (χ1n) is 13.0. The lowest BCUT2D eigenvalue weighted by Crippen LogP contribution is -2.49. The first-order valence-corrected chi connectivity index (χ1v) is 13.0. The van der Waals surface area contributed by atoms with Crippen LogP contribution in [0.2, 0.25) is 0 Å². The molecule has 2 heterocycles. The first kappa shape index (κ1) is 24.0. The fourth-order valence-electron chi connectivity index (χ4n) is 5.86. The molecule has 1 spiro atoms. The van der Waals surface area contributed by atoms with Gasteiger partial charge in [0.2, 0.25) is 11.8 Å². The van der Waals surface area contributed by atoms with Crippen molar-refractivity contribution in [2.45, 2.75) is 45.6 Å². The van der Waals surface area contributed by atoms with Crippen LogP contribution < -0.4 is 0 Å². The van der Waals surface area contributed by atoms with Gasteiger partial charge in [0.05, 0.1) is 0 Å². The van der Waals surface area contributed by atoms with Gasteiger partial charge in [0.25, 0.3) is 0 Å². The molecule has 1 aliphatic carbocycles. The van der Waals surface area contributed by atoms with Gasteiger partial charge in [0, 0.05) is 58.2 Å². The predicted octanol–water partition coefficient (Wildman–Crippen LogP) is 4.04. The van der Waals surface area contributed by atoms with Crippen molar-refractivity contribution in [3.63, 3.8) is 0 Å². The van der Waals surface area contributed by atoms with Gasteiger partial charge in [-0.05, 0) is 61.3 Å². The molecular formula is C29H36FN3O2. The third kappa shape index (κ3) is 5.58. The highest BCUT2D eigenvalue weighted by Gasteiger charge is 2.59. The zero-order valence-electron chi connectivity index (χ0n) is 20.7. The molecule has 3 aliphatic rings. The molecule has 0 radical (unpaired) electrons. The van der Waals surface area contributed by atoms with Crippen LogP contribution >= 0.6 is 0 Å². The number of piperidine rings is 1. The summed E-state index contributed by atoms with van der Waals surface area (Å²) in [5, 5.41) is 0. The summed E-state index contributed by atoms with van der Waals surface area (Å²) in [6.45, 7) is 7.48. The lowest BCUT2D eigenvalue weighted by Gasteiger charge is -2.36. The second kappa shape index (κ2) is 10.1. The number of rotatable bonds is 6. The van der Waals surface area contributed by atoms with Crippen LogP contribution in [0.1, 0.15) is 42.4 Å². The molecule has 0 bridgehead atoms.